The topological polar surface area (TPSA) is 46.3 Å². The number of hydrogen-bond acceptors (Lipinski definition) is 2. The number of hydrogen-bond donors (Lipinski definition) is 1. The van der Waals surface area contributed by atoms with Gasteiger partial charge < -0.3 is 10.6 Å². The van der Waals surface area contributed by atoms with Crippen LogP contribution in [0, 0.1) is 5.92 Å². The van der Waals surface area contributed by atoms with Gasteiger partial charge in [0.1, 0.15) is 0 Å². The van der Waals surface area contributed by atoms with Crippen LogP contribution in [0.4, 0.5) is 0 Å². The Labute approximate surface area is 92.0 Å². The SMILES string of the molecule is NC1CCCC(CC(=O)N2CCCC2)C1. The number of likely N-dealkylation sites (tertiary alicyclic amines) is 1. The molecule has 2 rings (SSSR count). The molecule has 0 radical (unpaired) electrons. The number of nitrogens with two attached hydrogens (primary N) is 1. The summed E-state index contributed by atoms with van der Waals surface area (Å²) >= 11 is 0. The second kappa shape index (κ2) is 4.97. The summed E-state index contributed by atoms with van der Waals surface area (Å²) in [6, 6.07) is 0.343. The van der Waals surface area contributed by atoms with E-state index in [-0.39, 0.29) is 0 Å². The van der Waals surface area contributed by atoms with Crippen LogP contribution in [-0.2, 0) is 4.79 Å². The van der Waals surface area contributed by atoms with Gasteiger partial charge in [0, 0.05) is 25.6 Å². The Kier molecular flexibility index (Phi) is 3.62. The Morgan fingerprint density at radius 3 is 2.60 bits per heavy atom. The van der Waals surface area contributed by atoms with Gasteiger partial charge in [0.05, 0.1) is 0 Å². The van der Waals surface area contributed by atoms with Crippen molar-refractivity contribution in [1.29, 1.82) is 0 Å². The Hall–Kier alpha value is -0.570. The standard InChI is InChI=1S/C12H22N2O/c13-11-5-3-4-10(8-11)9-12(15)14-6-1-2-7-14/h10-11H,1-9,13H2. The molecular formula is C12H22N2O. The summed E-state index contributed by atoms with van der Waals surface area (Å²) in [4.78, 5) is 13.9. The van der Waals surface area contributed by atoms with E-state index in [1.165, 1.54) is 25.7 Å². The maximum absolute atomic E-state index is 11.9. The van der Waals surface area contributed by atoms with Crippen LogP contribution < -0.4 is 5.73 Å². The van der Waals surface area contributed by atoms with Gasteiger partial charge in [-0.1, -0.05) is 6.42 Å². The molecule has 2 fully saturated rings. The molecule has 0 aromatic rings. The second-order valence-electron chi connectivity index (χ2n) is 5.08. The molecule has 2 atom stereocenters. The zero-order chi connectivity index (χ0) is 10.7. The first-order chi connectivity index (χ1) is 7.25. The van der Waals surface area contributed by atoms with Gasteiger partial charge in [0.15, 0.2) is 0 Å². The summed E-state index contributed by atoms with van der Waals surface area (Å²) in [5.74, 6) is 0.924. The van der Waals surface area contributed by atoms with E-state index in [2.05, 4.69) is 0 Å². The fraction of sp³-hybridized carbons (Fsp3) is 0.917. The zero-order valence-corrected chi connectivity index (χ0v) is 9.45. The Bertz CT molecular complexity index is 224. The van der Waals surface area contributed by atoms with Crippen LogP contribution in [-0.4, -0.2) is 29.9 Å². The minimum atomic E-state index is 0.343. The van der Waals surface area contributed by atoms with Gasteiger partial charge in [0.25, 0.3) is 0 Å². The molecule has 86 valence electrons. The lowest BCUT2D eigenvalue weighted by Gasteiger charge is -2.27. The maximum Gasteiger partial charge on any atom is 0.222 e. The number of amides is 1. The van der Waals surface area contributed by atoms with Crippen molar-refractivity contribution in [3.63, 3.8) is 0 Å². The van der Waals surface area contributed by atoms with Gasteiger partial charge in [-0.15, -0.1) is 0 Å². The highest BCUT2D eigenvalue weighted by Gasteiger charge is 2.25. The van der Waals surface area contributed by atoms with Gasteiger partial charge in [0.2, 0.25) is 5.91 Å². The van der Waals surface area contributed by atoms with Crippen molar-refractivity contribution in [3.8, 4) is 0 Å². The molecule has 0 aromatic carbocycles. The van der Waals surface area contributed by atoms with Gasteiger partial charge in [-0.05, 0) is 38.0 Å². The minimum Gasteiger partial charge on any atom is -0.343 e. The lowest BCUT2D eigenvalue weighted by Crippen LogP contribution is -2.33. The van der Waals surface area contributed by atoms with E-state index in [1.54, 1.807) is 0 Å². The fourth-order valence-electron chi connectivity index (χ4n) is 2.86. The highest BCUT2D eigenvalue weighted by Crippen LogP contribution is 2.26. The molecule has 1 saturated carbocycles. The normalized spacial score (nSPS) is 31.9. The van der Waals surface area contributed by atoms with E-state index < -0.39 is 0 Å². The molecule has 0 spiro atoms. The van der Waals surface area contributed by atoms with Crippen LogP contribution in [0.5, 0.6) is 0 Å². The number of carbonyl (C=O) groups is 1. The van der Waals surface area contributed by atoms with Crippen LogP contribution >= 0.6 is 0 Å². The average Bonchev–Trinajstić information content (AvgIpc) is 2.70. The van der Waals surface area contributed by atoms with E-state index in [4.69, 9.17) is 5.73 Å². The highest BCUT2D eigenvalue weighted by atomic mass is 16.2. The summed E-state index contributed by atoms with van der Waals surface area (Å²) in [7, 11) is 0. The Morgan fingerprint density at radius 2 is 1.93 bits per heavy atom. The first-order valence-electron chi connectivity index (χ1n) is 6.29. The van der Waals surface area contributed by atoms with Crippen LogP contribution in [0.2, 0.25) is 0 Å². The van der Waals surface area contributed by atoms with Crippen molar-refractivity contribution < 1.29 is 4.79 Å². The lowest BCUT2D eigenvalue weighted by molar-refractivity contribution is -0.131. The van der Waals surface area contributed by atoms with E-state index in [0.29, 0.717) is 17.9 Å². The highest BCUT2D eigenvalue weighted by molar-refractivity contribution is 5.76. The summed E-state index contributed by atoms with van der Waals surface area (Å²) in [6.07, 6.45) is 7.74. The van der Waals surface area contributed by atoms with Crippen molar-refractivity contribution in [3.05, 3.63) is 0 Å². The quantitative estimate of drug-likeness (QED) is 0.751. The molecule has 15 heavy (non-hydrogen) atoms. The third-order valence-electron chi connectivity index (χ3n) is 3.75. The molecule has 2 aliphatic rings. The fourth-order valence-corrected chi connectivity index (χ4v) is 2.86. The molecule has 1 aliphatic heterocycles. The van der Waals surface area contributed by atoms with Crippen molar-refractivity contribution in [2.24, 2.45) is 11.7 Å². The number of rotatable bonds is 2. The molecule has 1 saturated heterocycles. The van der Waals surface area contributed by atoms with Crippen LogP contribution in [0.25, 0.3) is 0 Å². The molecule has 1 amide bonds. The van der Waals surface area contributed by atoms with Crippen molar-refractivity contribution in [2.75, 3.05) is 13.1 Å². The molecule has 3 heteroatoms. The molecule has 1 aliphatic carbocycles. The van der Waals surface area contributed by atoms with Crippen LogP contribution in [0.3, 0.4) is 0 Å². The maximum atomic E-state index is 11.9. The van der Waals surface area contributed by atoms with Crippen molar-refractivity contribution >= 4 is 5.91 Å². The summed E-state index contributed by atoms with van der Waals surface area (Å²) in [5.41, 5.74) is 5.93. The molecule has 1 heterocycles. The average molecular weight is 210 g/mol. The van der Waals surface area contributed by atoms with E-state index in [0.717, 1.165) is 32.4 Å². The Balaban J connectivity index is 1.77. The molecule has 3 nitrogen and oxygen atoms in total. The molecule has 0 aromatic heterocycles. The Morgan fingerprint density at radius 1 is 1.20 bits per heavy atom. The third-order valence-corrected chi connectivity index (χ3v) is 3.75. The van der Waals surface area contributed by atoms with Crippen LogP contribution in [0.15, 0.2) is 0 Å². The van der Waals surface area contributed by atoms with Crippen molar-refractivity contribution in [1.82, 2.24) is 4.90 Å². The van der Waals surface area contributed by atoms with Gasteiger partial charge in [-0.25, -0.2) is 0 Å². The van der Waals surface area contributed by atoms with Crippen molar-refractivity contribution in [2.45, 2.75) is 51.0 Å². The summed E-state index contributed by atoms with van der Waals surface area (Å²) < 4.78 is 0. The summed E-state index contributed by atoms with van der Waals surface area (Å²) in [6.45, 7) is 1.97. The molecular weight excluding hydrogens is 188 g/mol. The van der Waals surface area contributed by atoms with Gasteiger partial charge in [-0.2, -0.15) is 0 Å². The minimum absolute atomic E-state index is 0.343. The van der Waals surface area contributed by atoms with E-state index in [1.807, 2.05) is 4.90 Å². The monoisotopic (exact) mass is 210 g/mol. The first kappa shape index (κ1) is 10.9. The predicted octanol–water partition coefficient (Wildman–Crippen LogP) is 1.52. The predicted molar refractivity (Wildman–Crippen MR) is 60.4 cm³/mol. The molecule has 2 unspecified atom stereocenters. The zero-order valence-electron chi connectivity index (χ0n) is 9.45. The van der Waals surface area contributed by atoms with Gasteiger partial charge >= 0.3 is 0 Å². The molecule has 2 N–H and O–H groups in total. The van der Waals surface area contributed by atoms with E-state index in [9.17, 15) is 4.79 Å². The van der Waals surface area contributed by atoms with Gasteiger partial charge in [-0.3, -0.25) is 4.79 Å². The number of carbonyl (C=O) groups excluding carboxylic acids is 1. The van der Waals surface area contributed by atoms with E-state index >= 15 is 0 Å². The molecule has 0 bridgehead atoms. The lowest BCUT2D eigenvalue weighted by atomic mass is 9.84. The summed E-state index contributed by atoms with van der Waals surface area (Å²) in [5, 5.41) is 0. The largest absolute Gasteiger partial charge is 0.343 e. The van der Waals surface area contributed by atoms with Crippen LogP contribution in [0.1, 0.15) is 44.9 Å². The first-order valence-corrected chi connectivity index (χ1v) is 6.29. The second-order valence-corrected chi connectivity index (χ2v) is 5.08. The number of nitrogens with zero attached hydrogens (tertiary/aromatic N) is 1. The third kappa shape index (κ3) is 2.94. The smallest absolute Gasteiger partial charge is 0.222 e.